The van der Waals surface area contributed by atoms with Gasteiger partial charge >= 0.3 is 0 Å². The van der Waals surface area contributed by atoms with Crippen molar-refractivity contribution in [2.75, 3.05) is 6.61 Å². The second kappa shape index (κ2) is 7.65. The van der Waals surface area contributed by atoms with Gasteiger partial charge in [-0.05, 0) is 38.0 Å². The molecule has 1 aromatic carbocycles. The summed E-state index contributed by atoms with van der Waals surface area (Å²) in [5.74, 6) is 0.904. The molecule has 0 fully saturated rings. The number of aliphatic hydroxyl groups is 1. The maximum atomic E-state index is 9.61. The van der Waals surface area contributed by atoms with Gasteiger partial charge in [0.2, 0.25) is 0 Å². The number of benzene rings is 1. The van der Waals surface area contributed by atoms with E-state index in [1.165, 1.54) is 5.56 Å². The van der Waals surface area contributed by atoms with Gasteiger partial charge in [0.15, 0.2) is 0 Å². The second-order valence-corrected chi connectivity index (χ2v) is 6.15. The van der Waals surface area contributed by atoms with E-state index in [4.69, 9.17) is 4.74 Å². The predicted octanol–water partition coefficient (Wildman–Crippen LogP) is 3.16. The summed E-state index contributed by atoms with van der Waals surface area (Å²) in [4.78, 5) is 0. The molecule has 0 heterocycles. The lowest BCUT2D eigenvalue weighted by atomic mass is 9.94. The van der Waals surface area contributed by atoms with Crippen molar-refractivity contribution >= 4 is 0 Å². The molecule has 1 aromatic rings. The van der Waals surface area contributed by atoms with Crippen LogP contribution in [0.4, 0.5) is 0 Å². The van der Waals surface area contributed by atoms with Crippen molar-refractivity contribution in [2.24, 2.45) is 0 Å². The Morgan fingerprint density at radius 3 is 2.55 bits per heavy atom. The van der Waals surface area contributed by atoms with Crippen molar-refractivity contribution in [1.29, 1.82) is 0 Å². The van der Waals surface area contributed by atoms with Crippen LogP contribution in [0.25, 0.3) is 0 Å². The van der Waals surface area contributed by atoms with Crippen molar-refractivity contribution in [2.45, 2.75) is 65.1 Å². The third-order valence-electron chi connectivity index (χ3n) is 3.37. The van der Waals surface area contributed by atoms with E-state index in [1.807, 2.05) is 19.1 Å². The van der Waals surface area contributed by atoms with Crippen LogP contribution in [0.5, 0.6) is 5.75 Å². The van der Waals surface area contributed by atoms with E-state index in [0.717, 1.165) is 18.6 Å². The Bertz CT molecular complexity index is 406. The monoisotopic (exact) mass is 279 g/mol. The number of ether oxygens (including phenoxy) is 1. The van der Waals surface area contributed by atoms with Crippen molar-refractivity contribution in [3.8, 4) is 5.75 Å². The third-order valence-corrected chi connectivity index (χ3v) is 3.37. The second-order valence-electron chi connectivity index (χ2n) is 6.15. The van der Waals surface area contributed by atoms with Crippen LogP contribution < -0.4 is 10.1 Å². The van der Waals surface area contributed by atoms with E-state index in [0.29, 0.717) is 6.04 Å². The molecule has 3 heteroatoms. The summed E-state index contributed by atoms with van der Waals surface area (Å²) in [5.41, 5.74) is 0.968. The lowest BCUT2D eigenvalue weighted by Crippen LogP contribution is -2.51. The predicted molar refractivity (Wildman–Crippen MR) is 84.3 cm³/mol. The van der Waals surface area contributed by atoms with E-state index >= 15 is 0 Å². The highest BCUT2D eigenvalue weighted by molar-refractivity contribution is 5.28. The summed E-state index contributed by atoms with van der Waals surface area (Å²) in [6.45, 7) is 10.5. The van der Waals surface area contributed by atoms with Crippen LogP contribution in [0.2, 0.25) is 0 Å². The molecule has 0 aliphatic heterocycles. The molecule has 0 spiro atoms. The Labute approximate surface area is 123 Å². The molecule has 2 atom stereocenters. The zero-order chi connectivity index (χ0) is 15.2. The molecule has 0 saturated heterocycles. The number of nitrogens with one attached hydrogen (secondary N) is 1. The zero-order valence-corrected chi connectivity index (χ0v) is 13.4. The molecule has 1 rings (SSSR count). The first kappa shape index (κ1) is 17.0. The standard InChI is InChI=1S/C17H29NO2/c1-6-15-8-7-9-16(10-15)20-14(4)11-17(5,12-19)18-13(2)3/h7-10,13-14,18-19H,6,11-12H2,1-5H3. The molecule has 0 aliphatic carbocycles. The SMILES string of the molecule is CCc1cccc(OC(C)CC(C)(CO)NC(C)C)c1. The molecule has 20 heavy (non-hydrogen) atoms. The van der Waals surface area contributed by atoms with Crippen molar-refractivity contribution in [3.63, 3.8) is 0 Å². The highest BCUT2D eigenvalue weighted by Gasteiger charge is 2.27. The van der Waals surface area contributed by atoms with Gasteiger partial charge in [-0.15, -0.1) is 0 Å². The minimum Gasteiger partial charge on any atom is -0.491 e. The number of hydrogen-bond acceptors (Lipinski definition) is 3. The first-order valence-electron chi connectivity index (χ1n) is 7.52. The fourth-order valence-corrected chi connectivity index (χ4v) is 2.61. The van der Waals surface area contributed by atoms with Crippen LogP contribution >= 0.6 is 0 Å². The number of rotatable bonds is 8. The van der Waals surface area contributed by atoms with E-state index < -0.39 is 0 Å². The van der Waals surface area contributed by atoms with Gasteiger partial charge in [-0.2, -0.15) is 0 Å². The number of aryl methyl sites for hydroxylation is 1. The molecule has 3 nitrogen and oxygen atoms in total. The van der Waals surface area contributed by atoms with Crippen molar-refractivity contribution < 1.29 is 9.84 Å². The smallest absolute Gasteiger partial charge is 0.119 e. The van der Waals surface area contributed by atoms with Crippen molar-refractivity contribution in [1.82, 2.24) is 5.32 Å². The quantitative estimate of drug-likeness (QED) is 0.768. The first-order chi connectivity index (χ1) is 9.38. The molecule has 0 amide bonds. The highest BCUT2D eigenvalue weighted by atomic mass is 16.5. The lowest BCUT2D eigenvalue weighted by Gasteiger charge is -2.33. The van der Waals surface area contributed by atoms with Crippen LogP contribution in [0.3, 0.4) is 0 Å². The third kappa shape index (κ3) is 5.51. The minimum atomic E-state index is -0.310. The number of aliphatic hydroxyl groups excluding tert-OH is 1. The Hall–Kier alpha value is -1.06. The van der Waals surface area contributed by atoms with Crippen LogP contribution in [0.1, 0.15) is 46.6 Å². The van der Waals surface area contributed by atoms with Gasteiger partial charge in [-0.1, -0.05) is 32.9 Å². The van der Waals surface area contributed by atoms with Crippen LogP contribution in [0.15, 0.2) is 24.3 Å². The van der Waals surface area contributed by atoms with Crippen LogP contribution in [0, 0.1) is 0 Å². The summed E-state index contributed by atoms with van der Waals surface area (Å²) in [7, 11) is 0. The van der Waals surface area contributed by atoms with E-state index in [2.05, 4.69) is 45.1 Å². The Morgan fingerprint density at radius 1 is 1.30 bits per heavy atom. The normalized spacial score (nSPS) is 15.9. The average molecular weight is 279 g/mol. The van der Waals surface area contributed by atoms with Gasteiger partial charge in [0.25, 0.3) is 0 Å². The van der Waals surface area contributed by atoms with Crippen LogP contribution in [-0.4, -0.2) is 29.4 Å². The molecular weight excluding hydrogens is 250 g/mol. The minimum absolute atomic E-state index is 0.0468. The Kier molecular flexibility index (Phi) is 6.50. The van der Waals surface area contributed by atoms with Gasteiger partial charge in [-0.3, -0.25) is 0 Å². The molecule has 2 unspecified atom stereocenters. The summed E-state index contributed by atoms with van der Waals surface area (Å²) >= 11 is 0. The van der Waals surface area contributed by atoms with Gasteiger partial charge < -0.3 is 15.2 Å². The maximum absolute atomic E-state index is 9.61. The molecule has 114 valence electrons. The van der Waals surface area contributed by atoms with Gasteiger partial charge in [0, 0.05) is 18.0 Å². The molecule has 0 aromatic heterocycles. The van der Waals surface area contributed by atoms with Gasteiger partial charge in [0.1, 0.15) is 5.75 Å². The summed E-state index contributed by atoms with van der Waals surface area (Å²) in [6, 6.07) is 8.54. The number of hydrogen-bond donors (Lipinski definition) is 2. The van der Waals surface area contributed by atoms with E-state index in [1.54, 1.807) is 0 Å². The zero-order valence-electron chi connectivity index (χ0n) is 13.4. The Morgan fingerprint density at radius 2 is 2.00 bits per heavy atom. The van der Waals surface area contributed by atoms with Gasteiger partial charge in [0.05, 0.1) is 12.7 Å². The lowest BCUT2D eigenvalue weighted by molar-refractivity contribution is 0.104. The molecule has 0 aliphatic rings. The molecule has 2 N–H and O–H groups in total. The van der Waals surface area contributed by atoms with Gasteiger partial charge in [-0.25, -0.2) is 0 Å². The van der Waals surface area contributed by atoms with E-state index in [-0.39, 0.29) is 18.2 Å². The first-order valence-corrected chi connectivity index (χ1v) is 7.52. The summed E-state index contributed by atoms with van der Waals surface area (Å²) in [6.07, 6.45) is 1.82. The topological polar surface area (TPSA) is 41.5 Å². The fraction of sp³-hybridized carbons (Fsp3) is 0.647. The molecular formula is C17H29NO2. The molecule has 0 bridgehead atoms. The largest absolute Gasteiger partial charge is 0.491 e. The van der Waals surface area contributed by atoms with Crippen LogP contribution in [-0.2, 0) is 6.42 Å². The van der Waals surface area contributed by atoms with E-state index in [9.17, 15) is 5.11 Å². The summed E-state index contributed by atoms with van der Waals surface area (Å²) < 4.78 is 5.98. The average Bonchev–Trinajstić information content (AvgIpc) is 2.37. The Balaban J connectivity index is 2.63. The maximum Gasteiger partial charge on any atom is 0.119 e. The molecule has 0 radical (unpaired) electrons. The summed E-state index contributed by atoms with van der Waals surface area (Å²) in [5, 5.41) is 13.0. The highest BCUT2D eigenvalue weighted by Crippen LogP contribution is 2.20. The van der Waals surface area contributed by atoms with Crippen molar-refractivity contribution in [3.05, 3.63) is 29.8 Å². The fourth-order valence-electron chi connectivity index (χ4n) is 2.61. The molecule has 0 saturated carbocycles.